The minimum absolute atomic E-state index is 0.0000463. The molecule has 0 saturated heterocycles. The summed E-state index contributed by atoms with van der Waals surface area (Å²) in [6, 6.07) is 0.139. The van der Waals surface area contributed by atoms with E-state index < -0.39 is 5.97 Å². The van der Waals surface area contributed by atoms with Gasteiger partial charge < -0.3 is 10.4 Å². The highest BCUT2D eigenvalue weighted by atomic mass is 16.4. The Hall–Kier alpha value is -1.92. The van der Waals surface area contributed by atoms with Gasteiger partial charge in [0.05, 0.1) is 5.69 Å². The topological polar surface area (TPSA) is 97.1 Å². The van der Waals surface area contributed by atoms with Gasteiger partial charge in [-0.1, -0.05) is 26.0 Å². The Morgan fingerprint density at radius 1 is 1.32 bits per heavy atom. The molecule has 0 radical (unpaired) electrons. The Bertz CT molecular complexity index is 452. The van der Waals surface area contributed by atoms with Crippen LogP contribution < -0.4 is 5.32 Å². The van der Waals surface area contributed by atoms with Crippen molar-refractivity contribution in [1.29, 1.82) is 0 Å². The molecule has 7 heteroatoms. The average Bonchev–Trinajstić information content (AvgIpc) is 2.78. The van der Waals surface area contributed by atoms with Gasteiger partial charge in [0.1, 0.15) is 6.54 Å². The van der Waals surface area contributed by atoms with Gasteiger partial charge in [0.15, 0.2) is 5.69 Å². The standard InChI is InChI=1S/C12H20N4O3/c1-4-8(5-2)13-10(17)7-16-9(6-3)11(12(18)19)14-15-16/h8H,4-7H2,1-3H3,(H,13,17)(H,18,19). The molecular formula is C12H20N4O3. The van der Waals surface area contributed by atoms with E-state index in [2.05, 4.69) is 15.6 Å². The van der Waals surface area contributed by atoms with Crippen molar-refractivity contribution in [3.05, 3.63) is 11.4 Å². The lowest BCUT2D eigenvalue weighted by Crippen LogP contribution is -2.36. The van der Waals surface area contributed by atoms with Gasteiger partial charge in [0, 0.05) is 6.04 Å². The zero-order valence-corrected chi connectivity index (χ0v) is 11.5. The van der Waals surface area contributed by atoms with E-state index in [4.69, 9.17) is 5.11 Å². The van der Waals surface area contributed by atoms with Gasteiger partial charge in [0.2, 0.25) is 5.91 Å². The van der Waals surface area contributed by atoms with Crippen LogP contribution in [-0.4, -0.2) is 38.0 Å². The number of hydrogen-bond donors (Lipinski definition) is 2. The van der Waals surface area contributed by atoms with E-state index in [-0.39, 0.29) is 24.2 Å². The van der Waals surface area contributed by atoms with E-state index in [0.717, 1.165) is 12.8 Å². The molecule has 7 nitrogen and oxygen atoms in total. The van der Waals surface area contributed by atoms with Crippen LogP contribution in [0.3, 0.4) is 0 Å². The minimum Gasteiger partial charge on any atom is -0.476 e. The highest BCUT2D eigenvalue weighted by Crippen LogP contribution is 2.06. The molecule has 0 aliphatic heterocycles. The van der Waals surface area contributed by atoms with Gasteiger partial charge >= 0.3 is 5.97 Å². The molecule has 1 aromatic rings. The van der Waals surface area contributed by atoms with Crippen molar-refractivity contribution >= 4 is 11.9 Å². The van der Waals surface area contributed by atoms with Crippen molar-refractivity contribution in [2.75, 3.05) is 0 Å². The second-order valence-corrected chi connectivity index (χ2v) is 4.28. The molecule has 0 saturated carbocycles. The first kappa shape index (κ1) is 15.1. The summed E-state index contributed by atoms with van der Waals surface area (Å²) in [5.41, 5.74) is 0.380. The van der Waals surface area contributed by atoms with Crippen molar-refractivity contribution in [1.82, 2.24) is 20.3 Å². The fourth-order valence-corrected chi connectivity index (χ4v) is 1.88. The molecule has 0 aliphatic rings. The smallest absolute Gasteiger partial charge is 0.358 e. The molecule has 1 aromatic heterocycles. The van der Waals surface area contributed by atoms with Crippen molar-refractivity contribution in [3.8, 4) is 0 Å². The number of carbonyl (C=O) groups is 2. The number of carboxylic acid groups (broad SMARTS) is 1. The first-order valence-electron chi connectivity index (χ1n) is 6.48. The molecule has 1 rings (SSSR count). The van der Waals surface area contributed by atoms with Crippen molar-refractivity contribution in [2.24, 2.45) is 0 Å². The number of hydrogen-bond acceptors (Lipinski definition) is 4. The van der Waals surface area contributed by atoms with Gasteiger partial charge in [0.25, 0.3) is 0 Å². The summed E-state index contributed by atoms with van der Waals surface area (Å²) in [6.45, 7) is 5.81. The quantitative estimate of drug-likeness (QED) is 0.764. The largest absolute Gasteiger partial charge is 0.476 e. The zero-order valence-electron chi connectivity index (χ0n) is 11.5. The minimum atomic E-state index is -1.12. The van der Waals surface area contributed by atoms with Crippen LogP contribution in [0.1, 0.15) is 49.8 Å². The maximum atomic E-state index is 11.8. The molecule has 0 atom stereocenters. The number of aromatic nitrogens is 3. The normalized spacial score (nSPS) is 10.7. The fourth-order valence-electron chi connectivity index (χ4n) is 1.88. The summed E-state index contributed by atoms with van der Waals surface area (Å²) in [6.07, 6.45) is 2.19. The number of amides is 1. The molecule has 1 amide bonds. The van der Waals surface area contributed by atoms with Crippen LogP contribution in [-0.2, 0) is 17.8 Å². The third kappa shape index (κ3) is 3.77. The number of aromatic carboxylic acids is 1. The second kappa shape index (κ2) is 6.86. The number of nitrogens with zero attached hydrogens (tertiary/aromatic N) is 3. The lowest BCUT2D eigenvalue weighted by molar-refractivity contribution is -0.122. The molecular weight excluding hydrogens is 248 g/mol. The predicted molar refractivity (Wildman–Crippen MR) is 68.9 cm³/mol. The van der Waals surface area contributed by atoms with Crippen LogP contribution >= 0.6 is 0 Å². The molecule has 106 valence electrons. The zero-order chi connectivity index (χ0) is 14.4. The van der Waals surface area contributed by atoms with Crippen molar-refractivity contribution in [2.45, 2.75) is 52.6 Å². The van der Waals surface area contributed by atoms with Gasteiger partial charge in [-0.3, -0.25) is 4.79 Å². The Morgan fingerprint density at radius 3 is 2.42 bits per heavy atom. The van der Waals surface area contributed by atoms with E-state index in [1.54, 1.807) is 6.92 Å². The molecule has 0 aliphatic carbocycles. The number of nitrogens with one attached hydrogen (secondary N) is 1. The monoisotopic (exact) mass is 268 g/mol. The predicted octanol–water partition coefficient (Wildman–Crippen LogP) is 0.843. The number of carboxylic acids is 1. The van der Waals surface area contributed by atoms with E-state index in [1.165, 1.54) is 4.68 Å². The van der Waals surface area contributed by atoms with Crippen LogP contribution in [0.5, 0.6) is 0 Å². The van der Waals surface area contributed by atoms with Crippen LogP contribution in [0.25, 0.3) is 0 Å². The molecule has 0 aromatic carbocycles. The van der Waals surface area contributed by atoms with Gasteiger partial charge in [-0.25, -0.2) is 9.48 Å². The molecule has 2 N–H and O–H groups in total. The Kier molecular flexibility index (Phi) is 5.47. The summed E-state index contributed by atoms with van der Waals surface area (Å²) < 4.78 is 1.35. The first-order chi connectivity index (χ1) is 9.03. The van der Waals surface area contributed by atoms with E-state index in [0.29, 0.717) is 12.1 Å². The molecule has 0 spiro atoms. The van der Waals surface area contributed by atoms with Crippen LogP contribution in [0.15, 0.2) is 0 Å². The van der Waals surface area contributed by atoms with Gasteiger partial charge in [-0.05, 0) is 19.3 Å². The summed E-state index contributed by atoms with van der Waals surface area (Å²) in [5.74, 6) is -1.30. The van der Waals surface area contributed by atoms with E-state index >= 15 is 0 Å². The highest BCUT2D eigenvalue weighted by molar-refractivity contribution is 5.86. The van der Waals surface area contributed by atoms with E-state index in [1.807, 2.05) is 13.8 Å². The first-order valence-corrected chi connectivity index (χ1v) is 6.48. The summed E-state index contributed by atoms with van der Waals surface area (Å²) >= 11 is 0. The number of carbonyl (C=O) groups excluding carboxylic acids is 1. The summed E-state index contributed by atoms with van der Waals surface area (Å²) in [4.78, 5) is 22.8. The second-order valence-electron chi connectivity index (χ2n) is 4.28. The molecule has 19 heavy (non-hydrogen) atoms. The number of rotatable bonds is 7. The van der Waals surface area contributed by atoms with Crippen molar-refractivity contribution < 1.29 is 14.7 Å². The SMILES string of the molecule is CCc1c(C(=O)O)nnn1CC(=O)NC(CC)CC. The maximum absolute atomic E-state index is 11.8. The van der Waals surface area contributed by atoms with Crippen LogP contribution in [0, 0.1) is 0 Å². The van der Waals surface area contributed by atoms with Crippen LogP contribution in [0.2, 0.25) is 0 Å². The average molecular weight is 268 g/mol. The molecule has 0 unspecified atom stereocenters. The van der Waals surface area contributed by atoms with Crippen molar-refractivity contribution in [3.63, 3.8) is 0 Å². The fraction of sp³-hybridized carbons (Fsp3) is 0.667. The third-order valence-electron chi connectivity index (χ3n) is 3.02. The summed E-state index contributed by atoms with van der Waals surface area (Å²) in [7, 11) is 0. The highest BCUT2D eigenvalue weighted by Gasteiger charge is 2.19. The molecule has 1 heterocycles. The van der Waals surface area contributed by atoms with E-state index in [9.17, 15) is 9.59 Å². The Morgan fingerprint density at radius 2 is 1.95 bits per heavy atom. The maximum Gasteiger partial charge on any atom is 0.358 e. The lowest BCUT2D eigenvalue weighted by Gasteiger charge is -2.14. The molecule has 0 bridgehead atoms. The Balaban J connectivity index is 2.77. The van der Waals surface area contributed by atoms with Crippen LogP contribution in [0.4, 0.5) is 0 Å². The molecule has 0 fully saturated rings. The third-order valence-corrected chi connectivity index (χ3v) is 3.02. The lowest BCUT2D eigenvalue weighted by atomic mass is 10.2. The Labute approximate surface area is 112 Å². The van der Waals surface area contributed by atoms with Gasteiger partial charge in [-0.2, -0.15) is 0 Å². The van der Waals surface area contributed by atoms with Gasteiger partial charge in [-0.15, -0.1) is 5.10 Å². The summed E-state index contributed by atoms with van der Waals surface area (Å²) in [5, 5.41) is 19.2.